The first-order valence-electron chi connectivity index (χ1n) is 6.24. The summed E-state index contributed by atoms with van der Waals surface area (Å²) >= 11 is 1.16. The lowest BCUT2D eigenvalue weighted by atomic mass is 10.2. The van der Waals surface area contributed by atoms with Crippen LogP contribution in [0.4, 0.5) is 18.9 Å². The topological polar surface area (TPSA) is 54.9 Å². The highest BCUT2D eigenvalue weighted by atomic mass is 32.2. The zero-order chi connectivity index (χ0) is 16.2. The van der Waals surface area contributed by atoms with E-state index >= 15 is 0 Å². The molecule has 2 rings (SSSR count). The summed E-state index contributed by atoms with van der Waals surface area (Å²) < 4.78 is 37.3. The number of nitrogens with one attached hydrogen (secondary N) is 1. The Bertz CT molecular complexity index is 659. The van der Waals surface area contributed by atoms with Gasteiger partial charge in [0.1, 0.15) is 0 Å². The Labute approximate surface area is 129 Å². The second-order valence-corrected chi connectivity index (χ2v) is 5.34. The Hall–Kier alpha value is -2.09. The molecule has 0 saturated carbocycles. The highest BCUT2D eigenvalue weighted by molar-refractivity contribution is 7.99. The molecule has 0 aliphatic carbocycles. The molecule has 2 aromatic rings. The molecule has 0 unspecified atom stereocenters. The summed E-state index contributed by atoms with van der Waals surface area (Å²) in [4.78, 5) is 19.9. The van der Waals surface area contributed by atoms with E-state index in [2.05, 4.69) is 15.3 Å². The summed E-state index contributed by atoms with van der Waals surface area (Å²) in [5.41, 5.74) is 0.345. The Balaban J connectivity index is 1.89. The van der Waals surface area contributed by atoms with Gasteiger partial charge in [0.2, 0.25) is 5.91 Å². The molecular weight excluding hydrogens is 315 g/mol. The maximum atomic E-state index is 12.4. The molecule has 0 spiro atoms. The minimum Gasteiger partial charge on any atom is -0.325 e. The molecule has 0 fully saturated rings. The largest absolute Gasteiger partial charge is 0.416 e. The Morgan fingerprint density at radius 3 is 2.50 bits per heavy atom. The Morgan fingerprint density at radius 2 is 1.91 bits per heavy atom. The van der Waals surface area contributed by atoms with Crippen molar-refractivity contribution in [3.63, 3.8) is 0 Å². The van der Waals surface area contributed by atoms with Crippen LogP contribution in [0.15, 0.2) is 41.7 Å². The first kappa shape index (κ1) is 16.3. The fourth-order valence-corrected chi connectivity index (χ4v) is 2.24. The summed E-state index contributed by atoms with van der Waals surface area (Å²) in [5.74, 6) is -0.264. The van der Waals surface area contributed by atoms with Crippen LogP contribution in [0.2, 0.25) is 0 Å². The third-order valence-electron chi connectivity index (χ3n) is 2.60. The Kier molecular flexibility index (Phi) is 5.02. The van der Waals surface area contributed by atoms with E-state index in [0.717, 1.165) is 29.6 Å². The van der Waals surface area contributed by atoms with E-state index in [1.54, 1.807) is 12.3 Å². The number of anilines is 1. The van der Waals surface area contributed by atoms with Crippen molar-refractivity contribution in [3.05, 3.63) is 47.8 Å². The van der Waals surface area contributed by atoms with Crippen LogP contribution in [0.5, 0.6) is 0 Å². The number of thioether (sulfide) groups is 1. The smallest absolute Gasteiger partial charge is 0.325 e. The molecular formula is C14H12F3N3OS. The molecule has 22 heavy (non-hydrogen) atoms. The van der Waals surface area contributed by atoms with Crippen molar-refractivity contribution in [2.45, 2.75) is 18.3 Å². The van der Waals surface area contributed by atoms with Crippen LogP contribution in [0, 0.1) is 6.92 Å². The molecule has 1 aromatic heterocycles. The standard InChI is InChI=1S/C14H12F3N3OS/c1-9-6-7-18-13(19-9)22-8-12(21)20-11-4-2-10(3-5-11)14(15,16)17/h2-7H,8H2,1H3,(H,20,21). The van der Waals surface area contributed by atoms with Crippen molar-refractivity contribution in [3.8, 4) is 0 Å². The number of alkyl halides is 3. The van der Waals surface area contributed by atoms with Gasteiger partial charge in [0.05, 0.1) is 11.3 Å². The summed E-state index contributed by atoms with van der Waals surface area (Å²) in [6, 6.07) is 6.02. The molecule has 1 amide bonds. The minimum atomic E-state index is -4.39. The number of carbonyl (C=O) groups excluding carboxylic acids is 1. The second-order valence-electron chi connectivity index (χ2n) is 4.39. The van der Waals surface area contributed by atoms with Crippen molar-refractivity contribution in [1.29, 1.82) is 0 Å². The molecule has 0 aliphatic rings. The third-order valence-corrected chi connectivity index (χ3v) is 3.46. The van der Waals surface area contributed by atoms with Gasteiger partial charge in [-0.1, -0.05) is 11.8 Å². The predicted octanol–water partition coefficient (Wildman–Crippen LogP) is 3.53. The molecule has 1 heterocycles. The van der Waals surface area contributed by atoms with E-state index in [1.165, 1.54) is 12.1 Å². The molecule has 0 aliphatic heterocycles. The van der Waals surface area contributed by atoms with Crippen LogP contribution >= 0.6 is 11.8 Å². The van der Waals surface area contributed by atoms with Gasteiger partial charge in [-0.2, -0.15) is 13.2 Å². The van der Waals surface area contributed by atoms with Crippen molar-refractivity contribution in [2.24, 2.45) is 0 Å². The SMILES string of the molecule is Cc1ccnc(SCC(=O)Nc2ccc(C(F)(F)F)cc2)n1. The summed E-state index contributed by atoms with van der Waals surface area (Å²) in [5, 5.41) is 3.00. The zero-order valence-electron chi connectivity index (χ0n) is 11.5. The molecule has 8 heteroatoms. The molecule has 0 atom stereocenters. The number of hydrogen-bond acceptors (Lipinski definition) is 4. The van der Waals surface area contributed by atoms with Crippen molar-refractivity contribution < 1.29 is 18.0 Å². The number of benzene rings is 1. The molecule has 0 radical (unpaired) electrons. The normalized spacial score (nSPS) is 11.3. The van der Waals surface area contributed by atoms with Crippen molar-refractivity contribution >= 4 is 23.4 Å². The van der Waals surface area contributed by atoms with Gasteiger partial charge >= 0.3 is 6.18 Å². The number of carbonyl (C=O) groups is 1. The molecule has 116 valence electrons. The first-order chi connectivity index (χ1) is 10.3. The number of amides is 1. The number of nitrogens with zero attached hydrogens (tertiary/aromatic N) is 2. The van der Waals surface area contributed by atoms with E-state index in [4.69, 9.17) is 0 Å². The second kappa shape index (κ2) is 6.78. The van der Waals surface area contributed by atoms with Gasteiger partial charge < -0.3 is 5.32 Å². The predicted molar refractivity (Wildman–Crippen MR) is 77.6 cm³/mol. The van der Waals surface area contributed by atoms with E-state index in [9.17, 15) is 18.0 Å². The number of aromatic nitrogens is 2. The average molecular weight is 327 g/mol. The minimum absolute atomic E-state index is 0.0739. The quantitative estimate of drug-likeness (QED) is 0.689. The lowest BCUT2D eigenvalue weighted by Crippen LogP contribution is -2.14. The van der Waals surface area contributed by atoms with E-state index in [0.29, 0.717) is 10.8 Å². The van der Waals surface area contributed by atoms with Crippen molar-refractivity contribution in [2.75, 3.05) is 11.1 Å². The number of aryl methyl sites for hydroxylation is 1. The molecule has 0 bridgehead atoms. The van der Waals surface area contributed by atoms with Crippen molar-refractivity contribution in [1.82, 2.24) is 9.97 Å². The van der Waals surface area contributed by atoms with Crippen LogP contribution in [0.1, 0.15) is 11.3 Å². The highest BCUT2D eigenvalue weighted by Gasteiger charge is 2.29. The lowest BCUT2D eigenvalue weighted by Gasteiger charge is -2.08. The maximum absolute atomic E-state index is 12.4. The summed E-state index contributed by atoms with van der Waals surface area (Å²) in [7, 11) is 0. The van der Waals surface area contributed by atoms with Gasteiger partial charge in [0.15, 0.2) is 5.16 Å². The van der Waals surface area contributed by atoms with Gasteiger partial charge in [-0.05, 0) is 37.3 Å². The van der Waals surface area contributed by atoms with Gasteiger partial charge in [0.25, 0.3) is 0 Å². The molecule has 4 nitrogen and oxygen atoms in total. The van der Waals surface area contributed by atoms with Crippen LogP contribution in [0.25, 0.3) is 0 Å². The summed E-state index contributed by atoms with van der Waals surface area (Å²) in [6.07, 6.45) is -2.79. The highest BCUT2D eigenvalue weighted by Crippen LogP contribution is 2.29. The van der Waals surface area contributed by atoms with E-state index in [-0.39, 0.29) is 11.7 Å². The van der Waals surface area contributed by atoms with E-state index in [1.807, 2.05) is 6.92 Å². The molecule has 0 saturated heterocycles. The number of rotatable bonds is 4. The van der Waals surface area contributed by atoms with E-state index < -0.39 is 11.7 Å². The van der Waals surface area contributed by atoms with Gasteiger partial charge in [0, 0.05) is 17.6 Å². The molecule has 1 N–H and O–H groups in total. The monoisotopic (exact) mass is 327 g/mol. The fraction of sp³-hybridized carbons (Fsp3) is 0.214. The lowest BCUT2D eigenvalue weighted by molar-refractivity contribution is -0.137. The first-order valence-corrected chi connectivity index (χ1v) is 7.23. The third kappa shape index (κ3) is 4.73. The van der Waals surface area contributed by atoms with Gasteiger partial charge in [-0.15, -0.1) is 0 Å². The number of halogens is 3. The summed E-state index contributed by atoms with van der Waals surface area (Å²) in [6.45, 7) is 1.81. The van der Waals surface area contributed by atoms with Crippen LogP contribution in [-0.4, -0.2) is 21.6 Å². The van der Waals surface area contributed by atoms with Crippen LogP contribution < -0.4 is 5.32 Å². The van der Waals surface area contributed by atoms with Gasteiger partial charge in [-0.3, -0.25) is 4.79 Å². The number of hydrogen-bond donors (Lipinski definition) is 1. The fourth-order valence-electron chi connectivity index (χ4n) is 1.57. The van der Waals surface area contributed by atoms with Gasteiger partial charge in [-0.25, -0.2) is 9.97 Å². The maximum Gasteiger partial charge on any atom is 0.416 e. The average Bonchev–Trinajstić information content (AvgIpc) is 2.45. The van der Waals surface area contributed by atoms with Crippen LogP contribution in [0.3, 0.4) is 0 Å². The Morgan fingerprint density at radius 1 is 1.23 bits per heavy atom. The van der Waals surface area contributed by atoms with Crippen LogP contribution in [-0.2, 0) is 11.0 Å². The zero-order valence-corrected chi connectivity index (χ0v) is 12.3. The molecule has 1 aromatic carbocycles.